The van der Waals surface area contributed by atoms with Gasteiger partial charge in [-0.1, -0.05) is 74.8 Å². The molecule has 0 aromatic heterocycles. The van der Waals surface area contributed by atoms with Gasteiger partial charge in [0.25, 0.3) is 5.91 Å². The van der Waals surface area contributed by atoms with Gasteiger partial charge in [-0.2, -0.15) is 0 Å². The maximum atomic E-state index is 14.3. The van der Waals surface area contributed by atoms with Crippen LogP contribution >= 0.6 is 0 Å². The monoisotopic (exact) mass is 647 g/mol. The number of ketones is 1. The normalized spacial score (nSPS) is 20.3. The largest absolute Gasteiger partial charge is 0.464 e. The summed E-state index contributed by atoms with van der Waals surface area (Å²) in [6.45, 7) is 20.9. The molecule has 0 radical (unpaired) electrons. The van der Waals surface area contributed by atoms with Crippen LogP contribution in [0.5, 0.6) is 0 Å². The van der Waals surface area contributed by atoms with Crippen molar-refractivity contribution in [1.82, 2.24) is 26.2 Å². The SMILES string of the molecule is C=CCNC(=O)C(=O)C(CCC)NC(=O)[C@@H]1[C@@H](C(C)C)CCN1C(=O)[C@@H](NC(=O)N[C@H](C(=O)OCC1CC1)C(C)(C)C)C(C)(C)C. The molecule has 2 fully saturated rings. The molecule has 1 heterocycles. The molecule has 0 aromatic rings. The third-order valence-electron chi connectivity index (χ3n) is 8.62. The van der Waals surface area contributed by atoms with Crippen molar-refractivity contribution in [3.63, 3.8) is 0 Å². The molecular formula is C34H57N5O7. The van der Waals surface area contributed by atoms with Gasteiger partial charge in [0.1, 0.15) is 18.1 Å². The Morgan fingerprint density at radius 2 is 1.50 bits per heavy atom. The number of nitrogens with one attached hydrogen (secondary N) is 4. The molecule has 5 atom stereocenters. The number of amides is 5. The van der Waals surface area contributed by atoms with E-state index in [-0.39, 0.29) is 31.3 Å². The van der Waals surface area contributed by atoms with Crippen LogP contribution in [-0.4, -0.2) is 84.3 Å². The number of esters is 1. The summed E-state index contributed by atoms with van der Waals surface area (Å²) < 4.78 is 5.48. The van der Waals surface area contributed by atoms with Crippen molar-refractivity contribution < 1.29 is 33.5 Å². The molecule has 46 heavy (non-hydrogen) atoms. The second-order valence-electron chi connectivity index (χ2n) is 15.2. The minimum Gasteiger partial charge on any atom is -0.464 e. The number of carbonyl (C=O) groups is 6. The molecule has 1 aliphatic carbocycles. The molecule has 1 unspecified atom stereocenters. The number of nitrogens with zero attached hydrogens (tertiary/aromatic N) is 1. The third kappa shape index (κ3) is 10.8. The van der Waals surface area contributed by atoms with E-state index in [1.54, 1.807) is 0 Å². The highest BCUT2D eigenvalue weighted by Crippen LogP contribution is 2.34. The lowest BCUT2D eigenvalue weighted by molar-refractivity contribution is -0.149. The topological polar surface area (TPSA) is 163 Å². The first-order chi connectivity index (χ1) is 21.3. The fourth-order valence-electron chi connectivity index (χ4n) is 5.64. The quantitative estimate of drug-likeness (QED) is 0.121. The van der Waals surface area contributed by atoms with Crippen molar-refractivity contribution in [1.29, 1.82) is 0 Å². The van der Waals surface area contributed by atoms with Gasteiger partial charge in [0, 0.05) is 13.1 Å². The van der Waals surface area contributed by atoms with E-state index in [1.807, 2.05) is 62.3 Å². The Kier molecular flexibility index (Phi) is 13.8. The van der Waals surface area contributed by atoms with Crippen LogP contribution in [0.4, 0.5) is 4.79 Å². The molecule has 0 bridgehead atoms. The van der Waals surface area contributed by atoms with Crippen LogP contribution in [0.1, 0.15) is 94.4 Å². The van der Waals surface area contributed by atoms with Gasteiger partial charge in [0.05, 0.1) is 12.6 Å². The molecule has 12 heteroatoms. The van der Waals surface area contributed by atoms with Crippen molar-refractivity contribution in [3.8, 4) is 0 Å². The van der Waals surface area contributed by atoms with Gasteiger partial charge in [0.15, 0.2) is 0 Å². The van der Waals surface area contributed by atoms with Crippen molar-refractivity contribution in [2.75, 3.05) is 19.7 Å². The van der Waals surface area contributed by atoms with Crippen molar-refractivity contribution in [2.45, 2.75) is 119 Å². The van der Waals surface area contributed by atoms with Crippen LogP contribution in [0.3, 0.4) is 0 Å². The number of likely N-dealkylation sites (tertiary alicyclic amines) is 1. The lowest BCUT2D eigenvalue weighted by Crippen LogP contribution is -2.62. The lowest BCUT2D eigenvalue weighted by atomic mass is 9.84. The molecule has 4 N–H and O–H groups in total. The number of carbonyl (C=O) groups excluding carboxylic acids is 6. The average Bonchev–Trinajstić information content (AvgIpc) is 3.68. The maximum absolute atomic E-state index is 14.3. The van der Waals surface area contributed by atoms with E-state index in [0.29, 0.717) is 25.4 Å². The molecule has 2 aliphatic rings. The summed E-state index contributed by atoms with van der Waals surface area (Å²) in [7, 11) is 0. The van der Waals surface area contributed by atoms with Crippen LogP contribution in [0.15, 0.2) is 12.7 Å². The summed E-state index contributed by atoms with van der Waals surface area (Å²) in [4.78, 5) is 81.3. The molecule has 5 amide bonds. The van der Waals surface area contributed by atoms with Gasteiger partial charge in [-0.3, -0.25) is 19.2 Å². The fourth-order valence-corrected chi connectivity index (χ4v) is 5.64. The third-order valence-corrected chi connectivity index (χ3v) is 8.62. The Morgan fingerprint density at radius 3 is 2.00 bits per heavy atom. The zero-order valence-corrected chi connectivity index (χ0v) is 29.3. The first-order valence-corrected chi connectivity index (χ1v) is 16.6. The zero-order valence-electron chi connectivity index (χ0n) is 29.3. The highest BCUT2D eigenvalue weighted by molar-refractivity contribution is 6.38. The average molecular weight is 648 g/mol. The predicted molar refractivity (Wildman–Crippen MR) is 175 cm³/mol. The summed E-state index contributed by atoms with van der Waals surface area (Å²) in [5, 5.41) is 10.7. The van der Waals surface area contributed by atoms with Crippen LogP contribution in [0.25, 0.3) is 0 Å². The Hall–Kier alpha value is -3.44. The number of hydrogen-bond donors (Lipinski definition) is 4. The molecule has 260 valence electrons. The highest BCUT2D eigenvalue weighted by Gasteiger charge is 2.48. The van der Waals surface area contributed by atoms with Crippen molar-refractivity contribution in [2.24, 2.45) is 28.6 Å². The van der Waals surface area contributed by atoms with Crippen LogP contribution < -0.4 is 21.3 Å². The minimum atomic E-state index is -1.05. The van der Waals surface area contributed by atoms with Gasteiger partial charge in [-0.15, -0.1) is 6.58 Å². The molecule has 1 aliphatic heterocycles. The number of urea groups is 1. The number of hydrogen-bond acceptors (Lipinski definition) is 7. The van der Waals surface area contributed by atoms with Crippen LogP contribution in [0, 0.1) is 28.6 Å². The Labute approximate surface area is 274 Å². The second-order valence-corrected chi connectivity index (χ2v) is 15.2. The lowest BCUT2D eigenvalue weighted by Gasteiger charge is -2.37. The number of ether oxygens (including phenoxy) is 1. The fraction of sp³-hybridized carbons (Fsp3) is 0.765. The zero-order chi connectivity index (χ0) is 35.0. The van der Waals surface area contributed by atoms with E-state index >= 15 is 0 Å². The Morgan fingerprint density at radius 1 is 0.913 bits per heavy atom. The summed E-state index contributed by atoms with van der Waals surface area (Å²) in [6.07, 6.45) is 4.84. The number of Topliss-reactive ketones (excluding diaryl/α,β-unsaturated/α-hetero) is 1. The van der Waals surface area contributed by atoms with Gasteiger partial charge < -0.3 is 30.9 Å². The first-order valence-electron chi connectivity index (χ1n) is 16.6. The van der Waals surface area contributed by atoms with Gasteiger partial charge in [-0.25, -0.2) is 9.59 Å². The van der Waals surface area contributed by atoms with Gasteiger partial charge in [0.2, 0.25) is 17.6 Å². The molecule has 12 nitrogen and oxygen atoms in total. The molecule has 0 aromatic carbocycles. The van der Waals surface area contributed by atoms with Crippen molar-refractivity contribution in [3.05, 3.63) is 12.7 Å². The maximum Gasteiger partial charge on any atom is 0.329 e. The highest BCUT2D eigenvalue weighted by atomic mass is 16.5. The summed E-state index contributed by atoms with van der Waals surface area (Å²) in [5.41, 5.74) is -1.42. The van der Waals surface area contributed by atoms with Crippen molar-refractivity contribution >= 4 is 35.5 Å². The smallest absolute Gasteiger partial charge is 0.329 e. The first kappa shape index (κ1) is 38.7. The Balaban J connectivity index is 2.29. The second kappa shape index (κ2) is 16.4. The summed E-state index contributed by atoms with van der Waals surface area (Å²) in [6, 6.07) is -4.66. The van der Waals surface area contributed by atoms with E-state index in [2.05, 4.69) is 27.8 Å². The summed E-state index contributed by atoms with van der Waals surface area (Å²) >= 11 is 0. The van der Waals surface area contributed by atoms with Crippen LogP contribution in [0.2, 0.25) is 0 Å². The molecular weight excluding hydrogens is 590 g/mol. The van der Waals surface area contributed by atoms with E-state index in [4.69, 9.17) is 4.74 Å². The van der Waals surface area contributed by atoms with E-state index in [0.717, 1.165) is 12.8 Å². The predicted octanol–water partition coefficient (Wildman–Crippen LogP) is 3.10. The molecule has 2 rings (SSSR count). The minimum absolute atomic E-state index is 0.0308. The van der Waals surface area contributed by atoms with E-state index < -0.39 is 70.5 Å². The standard InChI is InChI=1S/C34H57N5O7/c1-11-13-23(25(40)29(42)35-17-12-2)36-28(41)24-22(20(3)4)16-18-39(24)30(43)26(33(5,6)7)37-32(45)38-27(34(8,9)10)31(44)46-19-21-14-15-21/h12,20-24,26-27H,2,11,13-19H2,1,3-10H3,(H,35,42)(H,36,41)(H2,37,38,45)/t22-,23?,24+,26-,27-/m1/s1. The van der Waals surface area contributed by atoms with Gasteiger partial charge in [-0.05, 0) is 54.3 Å². The number of rotatable bonds is 15. The summed E-state index contributed by atoms with van der Waals surface area (Å²) in [5.74, 6) is -2.88. The van der Waals surface area contributed by atoms with Crippen LogP contribution in [-0.2, 0) is 28.7 Å². The Bertz CT molecular complexity index is 1140. The molecule has 0 spiro atoms. The molecule has 1 saturated heterocycles. The van der Waals surface area contributed by atoms with E-state index in [1.165, 1.54) is 11.0 Å². The van der Waals surface area contributed by atoms with E-state index in [9.17, 15) is 28.8 Å². The molecule has 1 saturated carbocycles. The van der Waals surface area contributed by atoms with Gasteiger partial charge >= 0.3 is 12.0 Å².